The van der Waals surface area contributed by atoms with Crippen LogP contribution in [0.25, 0.3) is 0 Å². The molecule has 0 radical (unpaired) electrons. The minimum absolute atomic E-state index is 0.258. The average molecular weight is 222 g/mol. The van der Waals surface area contributed by atoms with Crippen molar-refractivity contribution in [1.82, 2.24) is 25.7 Å². The number of aromatic amines is 1. The summed E-state index contributed by atoms with van der Waals surface area (Å²) >= 11 is 0. The Kier molecular flexibility index (Phi) is 2.81. The van der Waals surface area contributed by atoms with Crippen LogP contribution in [0.5, 0.6) is 0 Å². The molecule has 1 amide bonds. The van der Waals surface area contributed by atoms with Crippen LogP contribution in [0.2, 0.25) is 0 Å². The molecule has 4 N–H and O–H groups in total. The van der Waals surface area contributed by atoms with Crippen molar-refractivity contribution in [3.05, 3.63) is 24.1 Å². The maximum absolute atomic E-state index is 11.5. The third kappa shape index (κ3) is 2.16. The van der Waals surface area contributed by atoms with Crippen LogP contribution in [0, 0.1) is 0 Å². The molecule has 8 nitrogen and oxygen atoms in total. The Morgan fingerprint density at radius 2 is 2.50 bits per heavy atom. The highest BCUT2D eigenvalue weighted by molar-refractivity contribution is 5.96. The second kappa shape index (κ2) is 4.43. The molecule has 0 unspecified atom stereocenters. The lowest BCUT2D eigenvalue weighted by Gasteiger charge is -2.01. The van der Waals surface area contributed by atoms with Crippen LogP contribution in [0.1, 0.15) is 16.3 Å². The minimum atomic E-state index is -0.307. The van der Waals surface area contributed by atoms with E-state index < -0.39 is 0 Å². The van der Waals surface area contributed by atoms with E-state index in [1.807, 2.05) is 0 Å². The van der Waals surface area contributed by atoms with Gasteiger partial charge in [-0.2, -0.15) is 10.1 Å². The number of carbonyl (C=O) groups excluding carboxylic acids is 1. The maximum Gasteiger partial charge on any atom is 0.271 e. The fraction of sp³-hybridized carbons (Fsp3) is 0.250. The van der Waals surface area contributed by atoms with Crippen molar-refractivity contribution in [1.29, 1.82) is 0 Å². The van der Waals surface area contributed by atoms with Gasteiger partial charge in [-0.05, 0) is 0 Å². The van der Waals surface area contributed by atoms with Crippen LogP contribution in [-0.4, -0.2) is 32.8 Å². The molecule has 0 aliphatic rings. The predicted octanol–water partition coefficient (Wildman–Crippen LogP) is -0.653. The van der Waals surface area contributed by atoms with E-state index in [1.54, 1.807) is 0 Å². The summed E-state index contributed by atoms with van der Waals surface area (Å²) < 4.78 is 4.55. The first-order chi connectivity index (χ1) is 7.77. The quantitative estimate of drug-likeness (QED) is 0.631. The lowest BCUT2D eigenvalue weighted by atomic mass is 10.3. The third-order valence-corrected chi connectivity index (χ3v) is 1.94. The fourth-order valence-electron chi connectivity index (χ4n) is 1.16. The van der Waals surface area contributed by atoms with Gasteiger partial charge in [0.2, 0.25) is 6.39 Å². The van der Waals surface area contributed by atoms with Crippen molar-refractivity contribution in [2.75, 3.05) is 12.3 Å². The van der Waals surface area contributed by atoms with Crippen molar-refractivity contribution in [3.8, 4) is 0 Å². The van der Waals surface area contributed by atoms with Gasteiger partial charge in [0.15, 0.2) is 5.82 Å². The van der Waals surface area contributed by atoms with Crippen molar-refractivity contribution < 1.29 is 9.32 Å². The summed E-state index contributed by atoms with van der Waals surface area (Å²) in [7, 11) is 0. The Labute approximate surface area is 90.2 Å². The first-order valence-corrected chi connectivity index (χ1v) is 4.59. The van der Waals surface area contributed by atoms with Crippen LogP contribution in [0.3, 0.4) is 0 Å². The van der Waals surface area contributed by atoms with Crippen LogP contribution in [0.4, 0.5) is 5.69 Å². The van der Waals surface area contributed by atoms with Gasteiger partial charge in [0.05, 0.1) is 11.9 Å². The monoisotopic (exact) mass is 222 g/mol. The van der Waals surface area contributed by atoms with Gasteiger partial charge >= 0.3 is 0 Å². The largest absolute Gasteiger partial charge is 0.396 e. The van der Waals surface area contributed by atoms with E-state index in [2.05, 4.69) is 30.2 Å². The molecule has 0 saturated carbocycles. The summed E-state index contributed by atoms with van der Waals surface area (Å²) in [4.78, 5) is 15.3. The van der Waals surface area contributed by atoms with Gasteiger partial charge in [-0.3, -0.25) is 9.89 Å². The zero-order valence-electron chi connectivity index (χ0n) is 8.30. The van der Waals surface area contributed by atoms with Crippen LogP contribution in [0.15, 0.2) is 17.1 Å². The Hall–Kier alpha value is -2.38. The predicted molar refractivity (Wildman–Crippen MR) is 53.3 cm³/mol. The van der Waals surface area contributed by atoms with Crippen LogP contribution in [-0.2, 0) is 6.42 Å². The molecular formula is C8H10N6O2. The molecule has 0 atom stereocenters. The summed E-state index contributed by atoms with van der Waals surface area (Å²) in [6, 6.07) is 0. The number of nitrogens with zero attached hydrogens (tertiary/aromatic N) is 3. The number of anilines is 1. The molecule has 0 fully saturated rings. The molecule has 8 heteroatoms. The highest BCUT2D eigenvalue weighted by Crippen LogP contribution is 2.04. The zero-order chi connectivity index (χ0) is 11.4. The highest BCUT2D eigenvalue weighted by Gasteiger charge is 2.10. The lowest BCUT2D eigenvalue weighted by molar-refractivity contribution is 0.0950. The summed E-state index contributed by atoms with van der Waals surface area (Å²) in [5.41, 5.74) is 6.09. The van der Waals surface area contributed by atoms with Gasteiger partial charge in [-0.15, -0.1) is 0 Å². The van der Waals surface area contributed by atoms with E-state index in [1.165, 1.54) is 12.6 Å². The van der Waals surface area contributed by atoms with Crippen LogP contribution < -0.4 is 11.1 Å². The van der Waals surface area contributed by atoms with Gasteiger partial charge in [-0.1, -0.05) is 5.16 Å². The molecule has 16 heavy (non-hydrogen) atoms. The van der Waals surface area contributed by atoms with Gasteiger partial charge in [0.25, 0.3) is 5.91 Å². The van der Waals surface area contributed by atoms with Crippen molar-refractivity contribution >= 4 is 11.6 Å². The average Bonchev–Trinajstić information content (AvgIpc) is 2.88. The third-order valence-electron chi connectivity index (χ3n) is 1.94. The lowest BCUT2D eigenvalue weighted by Crippen LogP contribution is -2.27. The number of nitrogens with one attached hydrogen (secondary N) is 2. The summed E-state index contributed by atoms with van der Waals surface area (Å²) in [6.07, 6.45) is 3.12. The molecular weight excluding hydrogens is 212 g/mol. The van der Waals surface area contributed by atoms with Crippen molar-refractivity contribution in [3.63, 3.8) is 0 Å². The van der Waals surface area contributed by atoms with Gasteiger partial charge < -0.3 is 15.6 Å². The molecule has 0 saturated heterocycles. The molecule has 84 valence electrons. The molecule has 0 aliphatic carbocycles. The van der Waals surface area contributed by atoms with E-state index in [4.69, 9.17) is 5.73 Å². The number of H-pyrrole nitrogens is 1. The SMILES string of the molecule is Nc1cn[nH]c1C(=O)NCCc1ncon1. The van der Waals surface area contributed by atoms with Crippen molar-refractivity contribution in [2.45, 2.75) is 6.42 Å². The fourth-order valence-corrected chi connectivity index (χ4v) is 1.16. The van der Waals surface area contributed by atoms with E-state index >= 15 is 0 Å². The summed E-state index contributed by atoms with van der Waals surface area (Å²) in [5.74, 6) is 0.233. The summed E-state index contributed by atoms with van der Waals surface area (Å²) in [6.45, 7) is 0.400. The van der Waals surface area contributed by atoms with Crippen LogP contribution >= 0.6 is 0 Å². The molecule has 2 rings (SSSR count). The van der Waals surface area contributed by atoms with Gasteiger partial charge in [0, 0.05) is 13.0 Å². The molecule has 0 bridgehead atoms. The Bertz CT molecular complexity index is 463. The zero-order valence-corrected chi connectivity index (χ0v) is 8.30. The molecule has 2 aromatic rings. The number of aromatic nitrogens is 4. The second-order valence-electron chi connectivity index (χ2n) is 3.05. The molecule has 2 aromatic heterocycles. The Morgan fingerprint density at radius 3 is 3.12 bits per heavy atom. The van der Waals surface area contributed by atoms with E-state index in [-0.39, 0.29) is 11.6 Å². The summed E-state index contributed by atoms with van der Waals surface area (Å²) in [5, 5.41) is 12.4. The highest BCUT2D eigenvalue weighted by atomic mass is 16.5. The number of hydrogen-bond donors (Lipinski definition) is 3. The normalized spacial score (nSPS) is 10.2. The number of rotatable bonds is 4. The topological polar surface area (TPSA) is 123 Å². The number of carbonyl (C=O) groups is 1. The van der Waals surface area contributed by atoms with Crippen molar-refractivity contribution in [2.24, 2.45) is 0 Å². The standard InChI is InChI=1S/C8H10N6O2/c9-5-3-12-13-7(5)8(15)10-2-1-6-11-4-16-14-6/h3-4H,1-2,9H2,(H,10,15)(H,12,13). The Balaban J connectivity index is 1.83. The molecule has 0 spiro atoms. The molecule has 0 aliphatic heterocycles. The number of nitrogen functional groups attached to an aromatic ring is 1. The second-order valence-corrected chi connectivity index (χ2v) is 3.05. The minimum Gasteiger partial charge on any atom is -0.396 e. The number of hydrogen-bond acceptors (Lipinski definition) is 6. The first-order valence-electron chi connectivity index (χ1n) is 4.59. The van der Waals surface area contributed by atoms with Gasteiger partial charge in [0.1, 0.15) is 5.69 Å². The molecule has 2 heterocycles. The first kappa shape index (κ1) is 10.1. The van der Waals surface area contributed by atoms with Gasteiger partial charge in [-0.25, -0.2) is 0 Å². The number of nitrogens with two attached hydrogens (primary N) is 1. The van der Waals surface area contributed by atoms with E-state index in [0.29, 0.717) is 24.5 Å². The smallest absolute Gasteiger partial charge is 0.271 e. The van der Waals surface area contributed by atoms with E-state index in [0.717, 1.165) is 0 Å². The molecule has 0 aromatic carbocycles. The number of amides is 1. The van der Waals surface area contributed by atoms with E-state index in [9.17, 15) is 4.79 Å². The Morgan fingerprint density at radius 1 is 1.62 bits per heavy atom. The maximum atomic E-state index is 11.5.